The van der Waals surface area contributed by atoms with Crippen molar-refractivity contribution >= 4 is 29.9 Å². The standard InChI is InChI=1S/C20H28F2N6.HI/c1-2-23-20(25-14-15-13-16(21)9-10-17(15)22)24-11-6-8-19-27-26-18-7-4-3-5-12-28(18)19;/h9-10,13H,2-8,11-12,14H2,1H3,(H2,23,24,25);1H. The number of fused-ring (bicyclic) bond motifs is 1. The topological polar surface area (TPSA) is 67.1 Å². The Hall–Kier alpha value is -1.78. The summed E-state index contributed by atoms with van der Waals surface area (Å²) in [5.41, 5.74) is 0.239. The highest BCUT2D eigenvalue weighted by molar-refractivity contribution is 14.0. The number of nitrogens with one attached hydrogen (secondary N) is 2. The van der Waals surface area contributed by atoms with Crippen LogP contribution in [0.15, 0.2) is 23.2 Å². The molecule has 0 aliphatic carbocycles. The van der Waals surface area contributed by atoms with Crippen molar-refractivity contribution in [3.05, 3.63) is 47.0 Å². The molecule has 1 aliphatic heterocycles. The maximum absolute atomic E-state index is 13.7. The molecule has 1 aromatic heterocycles. The highest BCUT2D eigenvalue weighted by atomic mass is 127. The van der Waals surface area contributed by atoms with Crippen LogP contribution in [0.3, 0.4) is 0 Å². The fraction of sp³-hybridized carbons (Fsp3) is 0.550. The van der Waals surface area contributed by atoms with Gasteiger partial charge in [-0.2, -0.15) is 0 Å². The van der Waals surface area contributed by atoms with Crippen LogP contribution in [-0.2, 0) is 25.9 Å². The molecule has 2 heterocycles. The molecule has 0 saturated heterocycles. The van der Waals surface area contributed by atoms with Crippen LogP contribution >= 0.6 is 24.0 Å². The maximum Gasteiger partial charge on any atom is 0.191 e. The number of guanidine groups is 1. The Labute approximate surface area is 187 Å². The van der Waals surface area contributed by atoms with Gasteiger partial charge in [0.25, 0.3) is 0 Å². The Bertz CT molecular complexity index is 808. The molecule has 1 aromatic carbocycles. The van der Waals surface area contributed by atoms with Crippen molar-refractivity contribution in [3.8, 4) is 0 Å². The van der Waals surface area contributed by atoms with Gasteiger partial charge in [-0.25, -0.2) is 13.8 Å². The van der Waals surface area contributed by atoms with Gasteiger partial charge < -0.3 is 15.2 Å². The molecule has 160 valence electrons. The lowest BCUT2D eigenvalue weighted by molar-refractivity contribution is 0.585. The van der Waals surface area contributed by atoms with Crippen LogP contribution in [0.25, 0.3) is 0 Å². The number of nitrogens with zero attached hydrogens (tertiary/aromatic N) is 4. The minimum Gasteiger partial charge on any atom is -0.357 e. The molecule has 0 atom stereocenters. The van der Waals surface area contributed by atoms with Crippen molar-refractivity contribution in [2.45, 2.75) is 58.5 Å². The summed E-state index contributed by atoms with van der Waals surface area (Å²) in [4.78, 5) is 4.36. The van der Waals surface area contributed by atoms with E-state index in [-0.39, 0.29) is 36.1 Å². The first-order valence-electron chi connectivity index (χ1n) is 10.0. The average molecular weight is 518 g/mol. The zero-order chi connectivity index (χ0) is 19.8. The molecule has 0 fully saturated rings. The van der Waals surface area contributed by atoms with Crippen LogP contribution in [0.5, 0.6) is 0 Å². The Morgan fingerprint density at radius 3 is 2.86 bits per heavy atom. The number of hydrogen-bond donors (Lipinski definition) is 2. The molecule has 0 spiro atoms. The van der Waals surface area contributed by atoms with Crippen LogP contribution in [0.4, 0.5) is 8.78 Å². The third-order valence-corrected chi connectivity index (χ3v) is 4.82. The van der Waals surface area contributed by atoms with Crippen molar-refractivity contribution in [1.29, 1.82) is 0 Å². The molecule has 0 bridgehead atoms. The smallest absolute Gasteiger partial charge is 0.191 e. The van der Waals surface area contributed by atoms with Gasteiger partial charge in [0, 0.05) is 38.0 Å². The molecule has 2 N–H and O–H groups in total. The molecule has 3 rings (SSSR count). The molecular formula is C20H29F2IN6. The predicted molar refractivity (Wildman–Crippen MR) is 120 cm³/mol. The van der Waals surface area contributed by atoms with E-state index in [0.717, 1.165) is 49.6 Å². The van der Waals surface area contributed by atoms with E-state index in [0.29, 0.717) is 19.0 Å². The van der Waals surface area contributed by atoms with Gasteiger partial charge in [-0.05, 0) is 44.4 Å². The fourth-order valence-corrected chi connectivity index (χ4v) is 3.35. The first kappa shape index (κ1) is 23.5. The number of aryl methyl sites for hydroxylation is 2. The second-order valence-corrected chi connectivity index (χ2v) is 6.96. The number of rotatable bonds is 7. The van der Waals surface area contributed by atoms with Crippen LogP contribution in [0, 0.1) is 11.6 Å². The normalized spacial score (nSPS) is 14.0. The quantitative estimate of drug-likeness (QED) is 0.255. The number of benzene rings is 1. The van der Waals surface area contributed by atoms with E-state index in [1.807, 2.05) is 6.92 Å². The summed E-state index contributed by atoms with van der Waals surface area (Å²) in [5, 5.41) is 15.1. The van der Waals surface area contributed by atoms with E-state index >= 15 is 0 Å². The van der Waals surface area contributed by atoms with E-state index in [2.05, 4.69) is 30.4 Å². The molecule has 29 heavy (non-hydrogen) atoms. The third-order valence-electron chi connectivity index (χ3n) is 4.82. The lowest BCUT2D eigenvalue weighted by Gasteiger charge is -2.12. The van der Waals surface area contributed by atoms with Gasteiger partial charge in [0.15, 0.2) is 5.96 Å². The first-order chi connectivity index (χ1) is 13.7. The zero-order valence-corrected chi connectivity index (χ0v) is 19.1. The summed E-state index contributed by atoms with van der Waals surface area (Å²) in [5.74, 6) is 1.83. The monoisotopic (exact) mass is 518 g/mol. The van der Waals surface area contributed by atoms with E-state index < -0.39 is 11.6 Å². The second kappa shape index (κ2) is 12.0. The van der Waals surface area contributed by atoms with E-state index in [1.54, 1.807) is 0 Å². The van der Waals surface area contributed by atoms with Gasteiger partial charge >= 0.3 is 0 Å². The molecule has 0 saturated carbocycles. The molecule has 0 unspecified atom stereocenters. The lowest BCUT2D eigenvalue weighted by atomic mass is 10.2. The Morgan fingerprint density at radius 2 is 2.03 bits per heavy atom. The molecule has 0 amide bonds. The molecule has 6 nitrogen and oxygen atoms in total. The highest BCUT2D eigenvalue weighted by Crippen LogP contribution is 2.15. The van der Waals surface area contributed by atoms with Crippen molar-refractivity contribution in [2.75, 3.05) is 13.1 Å². The van der Waals surface area contributed by atoms with Crippen molar-refractivity contribution < 1.29 is 8.78 Å². The summed E-state index contributed by atoms with van der Waals surface area (Å²) in [6.45, 7) is 4.45. The molecular weight excluding hydrogens is 489 g/mol. The van der Waals surface area contributed by atoms with E-state index in [4.69, 9.17) is 0 Å². The predicted octanol–water partition coefficient (Wildman–Crippen LogP) is 3.59. The number of aliphatic imine (C=N–C) groups is 1. The van der Waals surface area contributed by atoms with Gasteiger partial charge in [0.1, 0.15) is 23.3 Å². The summed E-state index contributed by atoms with van der Waals surface area (Å²) in [6.07, 6.45) is 6.37. The second-order valence-electron chi connectivity index (χ2n) is 6.96. The fourth-order valence-electron chi connectivity index (χ4n) is 3.35. The summed E-state index contributed by atoms with van der Waals surface area (Å²) < 4.78 is 29.3. The van der Waals surface area contributed by atoms with Gasteiger partial charge in [0.05, 0.1) is 6.54 Å². The Balaban J connectivity index is 0.00000300. The van der Waals surface area contributed by atoms with Gasteiger partial charge in [0.2, 0.25) is 0 Å². The van der Waals surface area contributed by atoms with Crippen molar-refractivity contribution in [3.63, 3.8) is 0 Å². The van der Waals surface area contributed by atoms with Gasteiger partial charge in [-0.15, -0.1) is 34.2 Å². The van der Waals surface area contributed by atoms with E-state index in [9.17, 15) is 8.78 Å². The Morgan fingerprint density at radius 1 is 1.17 bits per heavy atom. The zero-order valence-electron chi connectivity index (χ0n) is 16.8. The SMILES string of the molecule is CCNC(=NCc1cc(F)ccc1F)NCCCc1nnc2n1CCCCC2.I. The Kier molecular flexibility index (Phi) is 9.75. The van der Waals surface area contributed by atoms with Crippen molar-refractivity contribution in [2.24, 2.45) is 4.99 Å². The van der Waals surface area contributed by atoms with Gasteiger partial charge in [-0.3, -0.25) is 0 Å². The third kappa shape index (κ3) is 6.90. The molecule has 1 aliphatic rings. The number of hydrogen-bond acceptors (Lipinski definition) is 3. The number of aromatic nitrogens is 3. The first-order valence-corrected chi connectivity index (χ1v) is 10.0. The molecule has 9 heteroatoms. The number of halogens is 3. The minimum atomic E-state index is -0.461. The summed E-state index contributed by atoms with van der Waals surface area (Å²) >= 11 is 0. The lowest BCUT2D eigenvalue weighted by Crippen LogP contribution is -2.38. The van der Waals surface area contributed by atoms with Gasteiger partial charge in [-0.1, -0.05) is 6.42 Å². The van der Waals surface area contributed by atoms with Crippen LogP contribution in [0.2, 0.25) is 0 Å². The summed E-state index contributed by atoms with van der Waals surface area (Å²) in [7, 11) is 0. The maximum atomic E-state index is 13.7. The summed E-state index contributed by atoms with van der Waals surface area (Å²) in [6, 6.07) is 3.42. The van der Waals surface area contributed by atoms with Crippen LogP contribution < -0.4 is 10.6 Å². The van der Waals surface area contributed by atoms with Crippen molar-refractivity contribution in [1.82, 2.24) is 25.4 Å². The van der Waals surface area contributed by atoms with E-state index in [1.165, 1.54) is 25.3 Å². The average Bonchev–Trinajstić information content (AvgIpc) is 2.91. The largest absolute Gasteiger partial charge is 0.357 e. The minimum absolute atomic E-state index is 0. The highest BCUT2D eigenvalue weighted by Gasteiger charge is 2.14. The molecule has 2 aromatic rings. The van der Waals surface area contributed by atoms with Crippen LogP contribution in [-0.4, -0.2) is 33.8 Å². The molecule has 0 radical (unpaired) electrons. The van der Waals surface area contributed by atoms with Crippen LogP contribution in [0.1, 0.15) is 49.8 Å².